The summed E-state index contributed by atoms with van der Waals surface area (Å²) in [6.45, 7) is 0.576. The summed E-state index contributed by atoms with van der Waals surface area (Å²) in [7, 11) is 8.77. The lowest BCUT2D eigenvalue weighted by molar-refractivity contribution is -0.134. The van der Waals surface area contributed by atoms with Gasteiger partial charge in [-0.3, -0.25) is 9.69 Å². The summed E-state index contributed by atoms with van der Waals surface area (Å²) in [5.41, 5.74) is 1.97. The van der Waals surface area contributed by atoms with E-state index in [0.29, 0.717) is 6.54 Å². The van der Waals surface area contributed by atoms with E-state index in [-0.39, 0.29) is 11.9 Å². The van der Waals surface area contributed by atoms with Crippen LogP contribution in [0.2, 0.25) is 0 Å². The molecule has 0 fully saturated rings. The van der Waals surface area contributed by atoms with E-state index in [1.165, 1.54) is 0 Å². The highest BCUT2D eigenvalue weighted by Gasteiger charge is 2.27. The molecule has 1 atom stereocenters. The Hall–Kier alpha value is -2.53. The Morgan fingerprint density at radius 3 is 2.24 bits per heavy atom. The minimum Gasteiger partial charge on any atom is -0.497 e. The third-order valence-corrected chi connectivity index (χ3v) is 4.14. The Bertz CT molecular complexity index is 701. The van der Waals surface area contributed by atoms with Crippen molar-refractivity contribution in [3.8, 4) is 11.5 Å². The number of methoxy groups -OCH3 is 2. The number of hydrogen-bond donors (Lipinski definition) is 0. The van der Waals surface area contributed by atoms with E-state index in [0.717, 1.165) is 22.6 Å². The quantitative estimate of drug-likeness (QED) is 0.776. The van der Waals surface area contributed by atoms with Gasteiger partial charge in [-0.2, -0.15) is 0 Å². The van der Waals surface area contributed by atoms with Crippen molar-refractivity contribution in [1.82, 2.24) is 9.80 Å². The first-order valence-corrected chi connectivity index (χ1v) is 8.15. The number of likely N-dealkylation sites (N-methyl/N-ethyl adjacent to an activating group) is 2. The molecule has 0 aliphatic heterocycles. The van der Waals surface area contributed by atoms with E-state index in [9.17, 15) is 4.79 Å². The van der Waals surface area contributed by atoms with Crippen molar-refractivity contribution < 1.29 is 14.3 Å². The van der Waals surface area contributed by atoms with Crippen LogP contribution < -0.4 is 9.47 Å². The molecule has 0 aromatic heterocycles. The van der Waals surface area contributed by atoms with Crippen LogP contribution in [0, 0.1) is 0 Å². The first-order chi connectivity index (χ1) is 12.0. The van der Waals surface area contributed by atoms with E-state index < -0.39 is 0 Å². The van der Waals surface area contributed by atoms with Crippen LogP contribution in [0.3, 0.4) is 0 Å². The maximum Gasteiger partial charge on any atom is 0.244 e. The highest BCUT2D eigenvalue weighted by Crippen LogP contribution is 2.29. The normalized spacial score (nSPS) is 11.9. The molecule has 5 nitrogen and oxygen atoms in total. The van der Waals surface area contributed by atoms with Crippen molar-refractivity contribution in [2.24, 2.45) is 0 Å². The number of ether oxygens (including phenoxy) is 2. The number of nitrogens with zero attached hydrogens (tertiary/aromatic N) is 2. The predicted octanol–water partition coefficient (Wildman–Crippen LogP) is 2.97. The fourth-order valence-electron chi connectivity index (χ4n) is 2.81. The molecule has 0 saturated carbocycles. The zero-order valence-electron chi connectivity index (χ0n) is 15.5. The summed E-state index contributed by atoms with van der Waals surface area (Å²) in [5, 5.41) is 0. The van der Waals surface area contributed by atoms with E-state index in [1.54, 1.807) is 33.2 Å². The Balaban J connectivity index is 2.31. The molecule has 2 aromatic carbocycles. The summed E-state index contributed by atoms with van der Waals surface area (Å²) < 4.78 is 10.7. The Morgan fingerprint density at radius 2 is 1.68 bits per heavy atom. The molecule has 1 amide bonds. The van der Waals surface area contributed by atoms with Gasteiger partial charge in [-0.05, 0) is 18.7 Å². The first-order valence-electron chi connectivity index (χ1n) is 8.15. The third kappa shape index (κ3) is 4.51. The van der Waals surface area contributed by atoms with Gasteiger partial charge in [0, 0.05) is 32.3 Å². The number of amides is 1. The molecule has 1 unspecified atom stereocenters. The Kier molecular flexibility index (Phi) is 6.42. The summed E-state index contributed by atoms with van der Waals surface area (Å²) in [6, 6.07) is 15.2. The van der Waals surface area contributed by atoms with Gasteiger partial charge in [0.1, 0.15) is 17.5 Å². The van der Waals surface area contributed by atoms with Gasteiger partial charge in [-0.25, -0.2) is 0 Å². The average Bonchev–Trinajstić information content (AvgIpc) is 2.63. The summed E-state index contributed by atoms with van der Waals surface area (Å²) >= 11 is 0. The van der Waals surface area contributed by atoms with Crippen molar-refractivity contribution >= 4 is 5.91 Å². The zero-order chi connectivity index (χ0) is 18.4. The molecule has 2 rings (SSSR count). The Labute approximate surface area is 149 Å². The second kappa shape index (κ2) is 8.53. The maximum atomic E-state index is 12.8. The van der Waals surface area contributed by atoms with Crippen LogP contribution in [-0.2, 0) is 11.3 Å². The SMILES string of the molecule is COc1ccc(CN(C)C(C(=O)N(C)C)c2ccccc2)c(OC)c1. The van der Waals surface area contributed by atoms with Gasteiger partial charge in [0.05, 0.1) is 14.2 Å². The molecule has 2 aromatic rings. The molecular formula is C20H26N2O3. The lowest BCUT2D eigenvalue weighted by Crippen LogP contribution is -2.37. The highest BCUT2D eigenvalue weighted by molar-refractivity contribution is 5.82. The molecule has 0 heterocycles. The fraction of sp³-hybridized carbons (Fsp3) is 0.350. The standard InChI is InChI=1S/C20H26N2O3/c1-21(2)20(23)19(15-9-7-6-8-10-15)22(3)14-16-11-12-17(24-4)13-18(16)25-5/h6-13,19H,14H2,1-5H3. The summed E-state index contributed by atoms with van der Waals surface area (Å²) in [4.78, 5) is 16.4. The van der Waals surface area contributed by atoms with E-state index in [1.807, 2.05) is 60.5 Å². The number of hydrogen-bond acceptors (Lipinski definition) is 4. The number of carbonyl (C=O) groups excluding carboxylic acids is 1. The minimum absolute atomic E-state index is 0.0428. The molecule has 25 heavy (non-hydrogen) atoms. The monoisotopic (exact) mass is 342 g/mol. The molecular weight excluding hydrogens is 316 g/mol. The van der Waals surface area contributed by atoms with Crippen molar-refractivity contribution in [3.63, 3.8) is 0 Å². The van der Waals surface area contributed by atoms with Crippen molar-refractivity contribution in [1.29, 1.82) is 0 Å². The van der Waals surface area contributed by atoms with Crippen molar-refractivity contribution in [2.75, 3.05) is 35.4 Å². The first kappa shape index (κ1) is 18.8. The number of carbonyl (C=O) groups is 1. The molecule has 0 spiro atoms. The largest absolute Gasteiger partial charge is 0.497 e. The van der Waals surface area contributed by atoms with E-state index in [4.69, 9.17) is 9.47 Å². The summed E-state index contributed by atoms with van der Waals surface area (Å²) in [6.07, 6.45) is 0. The van der Waals surface area contributed by atoms with E-state index in [2.05, 4.69) is 0 Å². The Morgan fingerprint density at radius 1 is 1.00 bits per heavy atom. The van der Waals surface area contributed by atoms with Gasteiger partial charge in [0.25, 0.3) is 0 Å². The molecule has 0 radical (unpaired) electrons. The lowest BCUT2D eigenvalue weighted by atomic mass is 10.0. The van der Waals surface area contributed by atoms with Crippen LogP contribution in [0.25, 0.3) is 0 Å². The number of benzene rings is 2. The van der Waals surface area contributed by atoms with Crippen molar-refractivity contribution in [3.05, 3.63) is 59.7 Å². The topological polar surface area (TPSA) is 42.0 Å². The number of rotatable bonds is 7. The molecule has 0 aliphatic rings. The molecule has 134 valence electrons. The molecule has 0 bridgehead atoms. The van der Waals surface area contributed by atoms with Gasteiger partial charge in [-0.1, -0.05) is 36.4 Å². The van der Waals surface area contributed by atoms with Crippen LogP contribution in [0.15, 0.2) is 48.5 Å². The minimum atomic E-state index is -0.358. The molecule has 5 heteroatoms. The van der Waals surface area contributed by atoms with Gasteiger partial charge >= 0.3 is 0 Å². The molecule has 0 N–H and O–H groups in total. The van der Waals surface area contributed by atoms with Gasteiger partial charge < -0.3 is 14.4 Å². The van der Waals surface area contributed by atoms with Crippen LogP contribution in [-0.4, -0.2) is 51.1 Å². The van der Waals surface area contributed by atoms with Crippen LogP contribution in [0.1, 0.15) is 17.2 Å². The third-order valence-electron chi connectivity index (χ3n) is 4.14. The molecule has 0 saturated heterocycles. The van der Waals surface area contributed by atoms with Gasteiger partial charge in [0.2, 0.25) is 5.91 Å². The second-order valence-electron chi connectivity index (χ2n) is 6.14. The maximum absolute atomic E-state index is 12.8. The van der Waals surface area contributed by atoms with Gasteiger partial charge in [-0.15, -0.1) is 0 Å². The second-order valence-corrected chi connectivity index (χ2v) is 6.14. The predicted molar refractivity (Wildman–Crippen MR) is 98.9 cm³/mol. The fourth-order valence-corrected chi connectivity index (χ4v) is 2.81. The van der Waals surface area contributed by atoms with Gasteiger partial charge in [0.15, 0.2) is 0 Å². The lowest BCUT2D eigenvalue weighted by Gasteiger charge is -2.30. The van der Waals surface area contributed by atoms with Crippen molar-refractivity contribution in [2.45, 2.75) is 12.6 Å². The zero-order valence-corrected chi connectivity index (χ0v) is 15.5. The smallest absolute Gasteiger partial charge is 0.244 e. The van der Waals surface area contributed by atoms with Crippen LogP contribution in [0.4, 0.5) is 0 Å². The average molecular weight is 342 g/mol. The highest BCUT2D eigenvalue weighted by atomic mass is 16.5. The molecule has 0 aliphatic carbocycles. The van der Waals surface area contributed by atoms with Crippen LogP contribution in [0.5, 0.6) is 11.5 Å². The van der Waals surface area contributed by atoms with E-state index >= 15 is 0 Å². The van der Waals surface area contributed by atoms with Crippen LogP contribution >= 0.6 is 0 Å². The summed E-state index contributed by atoms with van der Waals surface area (Å²) in [5.74, 6) is 1.53.